The van der Waals surface area contributed by atoms with E-state index in [1.54, 1.807) is 31.4 Å². The maximum atomic E-state index is 3.03. The first-order valence-corrected chi connectivity index (χ1v) is 41.9. The van der Waals surface area contributed by atoms with Crippen molar-refractivity contribution in [3.8, 4) is 0 Å². The molecule has 0 atom stereocenters. The van der Waals surface area contributed by atoms with Crippen LogP contribution in [0.5, 0.6) is 0 Å². The Morgan fingerprint density at radius 3 is 0.940 bits per heavy atom. The second-order valence-electron chi connectivity index (χ2n) is 22.1. The highest BCUT2D eigenvalue weighted by Crippen LogP contribution is 2.57. The van der Waals surface area contributed by atoms with Gasteiger partial charge in [-0.05, 0) is 22.7 Å². The first-order chi connectivity index (χ1) is 32.2. The number of benzene rings is 5. The largest absolute Gasteiger partial charge is 0.313 e. The Balaban J connectivity index is 1.90. The van der Waals surface area contributed by atoms with Crippen LogP contribution in [0.3, 0.4) is 0 Å². The van der Waals surface area contributed by atoms with Crippen molar-refractivity contribution in [1.82, 2.24) is 0 Å². The minimum atomic E-state index is -1.78. The van der Waals surface area contributed by atoms with Gasteiger partial charge in [0.25, 0.3) is 0 Å². The summed E-state index contributed by atoms with van der Waals surface area (Å²) in [5, 5.41) is 12.7. The van der Waals surface area contributed by atoms with Gasteiger partial charge in [-0.2, -0.15) is 0 Å². The molecular weight excluding hydrogens is 909 g/mol. The molecule has 0 aliphatic rings. The van der Waals surface area contributed by atoms with Gasteiger partial charge in [-0.3, -0.25) is 0 Å². The van der Waals surface area contributed by atoms with E-state index in [0.29, 0.717) is 0 Å². The average molecular weight is 1000 g/mol. The quantitative estimate of drug-likeness (QED) is 0.0341. The third-order valence-corrected chi connectivity index (χ3v) is 35.8. The molecule has 0 radical (unpaired) electrons. The van der Waals surface area contributed by atoms with Gasteiger partial charge in [0.1, 0.15) is 0 Å². The maximum absolute atomic E-state index is 3.03. The van der Waals surface area contributed by atoms with Crippen LogP contribution in [0.2, 0.25) is 75.5 Å². The fourth-order valence-corrected chi connectivity index (χ4v) is 33.5. The van der Waals surface area contributed by atoms with E-state index in [-0.39, 0.29) is 0 Å². The summed E-state index contributed by atoms with van der Waals surface area (Å²) in [6.45, 7) is 29.8. The molecule has 0 amide bonds. The van der Waals surface area contributed by atoms with Gasteiger partial charge in [0.05, 0.1) is 48.4 Å². The van der Waals surface area contributed by atoms with Crippen LogP contribution in [0, 0.1) is 0 Å². The first kappa shape index (κ1) is 55.6. The van der Waals surface area contributed by atoms with E-state index in [1.807, 2.05) is 0 Å². The predicted octanol–water partition coefficient (Wildman–Crippen LogP) is 15.8. The second-order valence-corrected chi connectivity index (χ2v) is 45.8. The summed E-state index contributed by atoms with van der Waals surface area (Å²) in [5.74, 6) is 0. The third kappa shape index (κ3) is 14.4. The molecule has 0 N–H and O–H groups in total. The SMILES string of the molecule is CCCC[Si](CCCC)(CCCC)c1ccc(P(c2ccc([Si](CCCC)(CCCC)CCCC)cc2)N(c2ccccc2)P(c2ccccc2[Si](C)(C)C)c2ccccc2[Si](C)(C)C)cc1. The topological polar surface area (TPSA) is 3.24 Å². The lowest BCUT2D eigenvalue weighted by Crippen LogP contribution is -2.52. The normalized spacial score (nSPS) is 12.6. The van der Waals surface area contributed by atoms with Crippen LogP contribution < -0.4 is 46.4 Å². The lowest BCUT2D eigenvalue weighted by Gasteiger charge is -2.43. The van der Waals surface area contributed by atoms with Crippen molar-refractivity contribution < 1.29 is 0 Å². The molecular formula is C60H93NP2Si4. The zero-order valence-electron chi connectivity index (χ0n) is 44.7. The Hall–Kier alpha value is -2.37. The summed E-state index contributed by atoms with van der Waals surface area (Å²) in [5.41, 5.74) is 1.35. The minimum absolute atomic E-state index is 1.01. The second kappa shape index (κ2) is 26.7. The molecule has 0 saturated carbocycles. The molecule has 1 nitrogen and oxygen atoms in total. The zero-order valence-corrected chi connectivity index (χ0v) is 50.5. The summed E-state index contributed by atoms with van der Waals surface area (Å²) in [7, 11) is -8.98. The fourth-order valence-electron chi connectivity index (χ4n) is 10.8. The number of hydrogen-bond donors (Lipinski definition) is 0. The van der Waals surface area contributed by atoms with E-state index in [9.17, 15) is 0 Å². The van der Waals surface area contributed by atoms with Gasteiger partial charge in [-0.25, -0.2) is 0 Å². The Morgan fingerprint density at radius 2 is 0.642 bits per heavy atom. The number of rotatable bonds is 29. The van der Waals surface area contributed by atoms with E-state index >= 15 is 0 Å². The Kier molecular flexibility index (Phi) is 22.2. The third-order valence-electron chi connectivity index (χ3n) is 14.7. The molecule has 0 saturated heterocycles. The average Bonchev–Trinajstić information content (AvgIpc) is 3.34. The van der Waals surface area contributed by atoms with Crippen molar-refractivity contribution >= 4 is 96.1 Å². The molecule has 0 aliphatic heterocycles. The van der Waals surface area contributed by atoms with Gasteiger partial charge in [0.2, 0.25) is 0 Å². The molecule has 0 aromatic heterocycles. The van der Waals surface area contributed by atoms with Crippen LogP contribution in [0.25, 0.3) is 0 Å². The lowest BCUT2D eigenvalue weighted by molar-refractivity contribution is 0.800. The number of anilines is 1. The molecule has 0 bridgehead atoms. The van der Waals surface area contributed by atoms with Crippen molar-refractivity contribution in [1.29, 1.82) is 0 Å². The van der Waals surface area contributed by atoms with Crippen LogP contribution >= 0.6 is 16.1 Å². The van der Waals surface area contributed by atoms with E-state index < -0.39 is 48.4 Å². The minimum Gasteiger partial charge on any atom is -0.313 e. The standard InChI is InChI=1S/C60H93NP2Si4/c1-13-19-46-66(47-20-14-2,48-21-15-3)55-42-38-53(39-43-55)62(54-40-44-56(45-41-54)67(49-22-16-4,50-23-17-5)51-24-18-6)61(52-32-26-25-27-33-52)63(57-34-28-30-36-59(57)64(7,8)9)58-35-29-31-37-60(58)65(10,11)12/h25-45H,13-24,46-51H2,1-12H3. The number of hydrogen-bond acceptors (Lipinski definition) is 1. The van der Waals surface area contributed by atoms with E-state index in [1.165, 1.54) is 130 Å². The van der Waals surface area contributed by atoms with Crippen LogP contribution in [-0.4, -0.2) is 32.3 Å². The highest BCUT2D eigenvalue weighted by atomic mass is 31.2. The van der Waals surface area contributed by atoms with Crippen molar-refractivity contribution in [2.24, 2.45) is 0 Å². The monoisotopic (exact) mass is 1000 g/mol. The Morgan fingerprint density at radius 1 is 0.343 bits per heavy atom. The molecule has 0 spiro atoms. The van der Waals surface area contributed by atoms with Gasteiger partial charge < -0.3 is 4.44 Å². The summed E-state index contributed by atoms with van der Waals surface area (Å²) < 4.78 is 3.03. The molecule has 0 heterocycles. The Bertz CT molecular complexity index is 2000. The molecule has 0 unspecified atom stereocenters. The fraction of sp³-hybridized carbons (Fsp3) is 0.500. The molecule has 5 aromatic rings. The van der Waals surface area contributed by atoms with E-state index in [4.69, 9.17) is 0 Å². The maximum Gasteiger partial charge on any atom is 0.0867 e. The number of nitrogens with zero attached hydrogens (tertiary/aromatic N) is 1. The smallest absolute Gasteiger partial charge is 0.0867 e. The van der Waals surface area contributed by atoms with E-state index in [2.05, 4.69) is 213 Å². The summed E-state index contributed by atoms with van der Waals surface area (Å²) >= 11 is 0. The molecule has 5 rings (SSSR count). The van der Waals surface area contributed by atoms with Gasteiger partial charge in [-0.1, -0.05) is 330 Å². The highest BCUT2D eigenvalue weighted by molar-refractivity contribution is 7.91. The Labute approximate surface area is 419 Å². The molecule has 7 heteroatoms. The predicted molar refractivity (Wildman–Crippen MR) is 322 cm³/mol. The molecule has 364 valence electrons. The van der Waals surface area contributed by atoms with Crippen LogP contribution in [-0.2, 0) is 0 Å². The first-order valence-electron chi connectivity index (χ1n) is 27.1. The van der Waals surface area contributed by atoms with Crippen LogP contribution in [0.4, 0.5) is 5.69 Å². The molecule has 67 heavy (non-hydrogen) atoms. The van der Waals surface area contributed by atoms with Gasteiger partial charge in [0, 0.05) is 16.3 Å². The lowest BCUT2D eigenvalue weighted by atomic mass is 10.3. The highest BCUT2D eigenvalue weighted by Gasteiger charge is 2.40. The number of para-hydroxylation sites is 1. The van der Waals surface area contributed by atoms with Crippen molar-refractivity contribution in [2.45, 2.75) is 194 Å². The van der Waals surface area contributed by atoms with Crippen molar-refractivity contribution in [3.63, 3.8) is 0 Å². The zero-order chi connectivity index (χ0) is 48.5. The molecule has 5 aromatic carbocycles. The summed E-state index contributed by atoms with van der Waals surface area (Å²) in [6.07, 6.45) is 15.9. The molecule has 0 fully saturated rings. The van der Waals surface area contributed by atoms with Crippen molar-refractivity contribution in [2.75, 3.05) is 4.44 Å². The van der Waals surface area contributed by atoms with Gasteiger partial charge in [0.15, 0.2) is 0 Å². The summed E-state index contributed by atoms with van der Waals surface area (Å²) in [4.78, 5) is 0. The van der Waals surface area contributed by atoms with Crippen LogP contribution in [0.1, 0.15) is 119 Å². The van der Waals surface area contributed by atoms with Gasteiger partial charge in [-0.15, -0.1) is 0 Å². The van der Waals surface area contributed by atoms with Gasteiger partial charge >= 0.3 is 0 Å². The van der Waals surface area contributed by atoms with Crippen molar-refractivity contribution in [3.05, 3.63) is 127 Å². The molecule has 0 aliphatic carbocycles. The number of unbranched alkanes of at least 4 members (excludes halogenated alkanes) is 6. The van der Waals surface area contributed by atoms with Crippen LogP contribution in [0.15, 0.2) is 127 Å². The van der Waals surface area contributed by atoms with E-state index in [0.717, 1.165) is 0 Å². The summed E-state index contributed by atoms with van der Waals surface area (Å²) in [6, 6.07) is 61.1.